The van der Waals surface area contributed by atoms with Crippen molar-refractivity contribution in [1.82, 2.24) is 10.3 Å². The number of carbonyl (C=O) groups is 1. The van der Waals surface area contributed by atoms with Crippen molar-refractivity contribution in [3.05, 3.63) is 34.5 Å². The summed E-state index contributed by atoms with van der Waals surface area (Å²) in [6, 6.07) is 4.34. The van der Waals surface area contributed by atoms with E-state index in [4.69, 9.17) is 0 Å². The Kier molecular flexibility index (Phi) is 4.43. The molecule has 1 aromatic carbocycles. The van der Waals surface area contributed by atoms with Crippen LogP contribution in [-0.2, 0) is 11.3 Å². The van der Waals surface area contributed by atoms with Crippen LogP contribution in [0.1, 0.15) is 29.3 Å². The molecule has 3 nitrogen and oxygen atoms in total. The van der Waals surface area contributed by atoms with E-state index in [2.05, 4.69) is 43.2 Å². The SMILES string of the molecule is CS[C@H](C)C(=O)NCc1cc(C)cc2c(C)c(C)[nH]c12. The maximum absolute atomic E-state index is 11.9. The van der Waals surface area contributed by atoms with Gasteiger partial charge in [0.1, 0.15) is 0 Å². The summed E-state index contributed by atoms with van der Waals surface area (Å²) in [5.74, 6) is 0.0900. The van der Waals surface area contributed by atoms with Crippen molar-refractivity contribution in [2.24, 2.45) is 0 Å². The monoisotopic (exact) mass is 290 g/mol. The van der Waals surface area contributed by atoms with Crippen LogP contribution in [0, 0.1) is 20.8 Å². The van der Waals surface area contributed by atoms with Crippen LogP contribution in [0.3, 0.4) is 0 Å². The van der Waals surface area contributed by atoms with Gasteiger partial charge in [-0.2, -0.15) is 11.8 Å². The Bertz CT molecular complexity index is 645. The molecule has 0 aliphatic rings. The number of hydrogen-bond acceptors (Lipinski definition) is 2. The number of fused-ring (bicyclic) bond motifs is 1. The minimum absolute atomic E-state index is 0.0117. The highest BCUT2D eigenvalue weighted by Gasteiger charge is 2.13. The number of aromatic nitrogens is 1. The topological polar surface area (TPSA) is 44.9 Å². The minimum Gasteiger partial charge on any atom is -0.358 e. The largest absolute Gasteiger partial charge is 0.358 e. The molecule has 1 amide bonds. The summed E-state index contributed by atoms with van der Waals surface area (Å²) in [5, 5.41) is 4.26. The lowest BCUT2D eigenvalue weighted by Gasteiger charge is -2.11. The van der Waals surface area contributed by atoms with Crippen LogP contribution in [0.2, 0.25) is 0 Å². The molecule has 108 valence electrons. The molecule has 2 rings (SSSR count). The van der Waals surface area contributed by atoms with E-state index in [0.717, 1.165) is 11.1 Å². The fourth-order valence-corrected chi connectivity index (χ4v) is 2.66. The van der Waals surface area contributed by atoms with Gasteiger partial charge in [-0.05, 0) is 51.1 Å². The summed E-state index contributed by atoms with van der Waals surface area (Å²) < 4.78 is 0. The molecule has 0 aliphatic carbocycles. The Hall–Kier alpha value is -1.42. The fourth-order valence-electron chi connectivity index (χ4n) is 2.36. The Morgan fingerprint density at radius 3 is 2.70 bits per heavy atom. The lowest BCUT2D eigenvalue weighted by Crippen LogP contribution is -2.30. The second-order valence-electron chi connectivity index (χ2n) is 5.32. The Balaban J connectivity index is 2.30. The number of thioether (sulfide) groups is 1. The summed E-state index contributed by atoms with van der Waals surface area (Å²) in [6.45, 7) is 8.81. The molecule has 1 aromatic heterocycles. The number of H-pyrrole nitrogens is 1. The first-order valence-corrected chi connectivity index (χ1v) is 8.11. The second kappa shape index (κ2) is 5.92. The highest BCUT2D eigenvalue weighted by Crippen LogP contribution is 2.26. The first kappa shape index (κ1) is 15.0. The van der Waals surface area contributed by atoms with Gasteiger partial charge >= 0.3 is 0 Å². The standard InChI is InChI=1S/C16H22N2OS/c1-9-6-13(8-17-16(19)12(4)20-5)15-14(7-9)10(2)11(3)18-15/h6-7,12,18H,8H2,1-5H3,(H,17,19)/t12-/m1/s1. The molecule has 4 heteroatoms. The maximum Gasteiger partial charge on any atom is 0.233 e. The molecular formula is C16H22N2OS. The molecule has 20 heavy (non-hydrogen) atoms. The summed E-state index contributed by atoms with van der Waals surface area (Å²) >= 11 is 1.56. The third kappa shape index (κ3) is 2.85. The second-order valence-corrected chi connectivity index (χ2v) is 6.50. The predicted octanol–water partition coefficient (Wildman–Crippen LogP) is 3.46. The molecular weight excluding hydrogens is 268 g/mol. The van der Waals surface area contributed by atoms with Crippen LogP contribution < -0.4 is 5.32 Å². The molecule has 0 bridgehead atoms. The molecule has 0 unspecified atom stereocenters. The first-order valence-electron chi connectivity index (χ1n) is 6.83. The van der Waals surface area contributed by atoms with Gasteiger partial charge < -0.3 is 10.3 Å². The van der Waals surface area contributed by atoms with Crippen molar-refractivity contribution >= 4 is 28.6 Å². The molecule has 2 N–H and O–H groups in total. The molecule has 1 atom stereocenters. The van der Waals surface area contributed by atoms with Crippen molar-refractivity contribution in [3.63, 3.8) is 0 Å². The summed E-state index contributed by atoms with van der Waals surface area (Å²) in [5.41, 5.74) is 5.99. The van der Waals surface area contributed by atoms with Crippen molar-refractivity contribution in [2.45, 2.75) is 39.5 Å². The molecule has 0 saturated carbocycles. The Morgan fingerprint density at radius 1 is 1.35 bits per heavy atom. The molecule has 2 aromatic rings. The Labute approximate surface area is 124 Å². The van der Waals surface area contributed by atoms with Crippen molar-refractivity contribution in [1.29, 1.82) is 0 Å². The van der Waals surface area contributed by atoms with Crippen LogP contribution >= 0.6 is 11.8 Å². The van der Waals surface area contributed by atoms with E-state index >= 15 is 0 Å². The number of rotatable bonds is 4. The Morgan fingerprint density at radius 2 is 2.05 bits per heavy atom. The zero-order chi connectivity index (χ0) is 14.9. The van der Waals surface area contributed by atoms with E-state index in [1.165, 1.54) is 22.2 Å². The number of hydrogen-bond donors (Lipinski definition) is 2. The molecule has 0 aliphatic heterocycles. The number of nitrogens with one attached hydrogen (secondary N) is 2. The van der Waals surface area contributed by atoms with E-state index < -0.39 is 0 Å². The molecule has 1 heterocycles. The van der Waals surface area contributed by atoms with Gasteiger partial charge in [-0.1, -0.05) is 11.6 Å². The van der Waals surface area contributed by atoms with Gasteiger partial charge in [0, 0.05) is 17.6 Å². The highest BCUT2D eigenvalue weighted by molar-refractivity contribution is 7.99. The zero-order valence-corrected chi connectivity index (χ0v) is 13.6. The highest BCUT2D eigenvalue weighted by atomic mass is 32.2. The summed E-state index contributed by atoms with van der Waals surface area (Å²) in [4.78, 5) is 15.3. The predicted molar refractivity (Wildman–Crippen MR) is 87.3 cm³/mol. The van der Waals surface area contributed by atoms with Crippen LogP contribution in [-0.4, -0.2) is 22.4 Å². The normalized spacial score (nSPS) is 12.7. The van der Waals surface area contributed by atoms with Gasteiger partial charge in [0.2, 0.25) is 5.91 Å². The number of benzene rings is 1. The summed E-state index contributed by atoms with van der Waals surface area (Å²) in [7, 11) is 0. The molecule has 0 saturated heterocycles. The van der Waals surface area contributed by atoms with Crippen LogP contribution in [0.5, 0.6) is 0 Å². The van der Waals surface area contributed by atoms with Crippen LogP contribution in [0.15, 0.2) is 12.1 Å². The fraction of sp³-hybridized carbons (Fsp3) is 0.438. The average Bonchev–Trinajstić information content (AvgIpc) is 2.71. The van der Waals surface area contributed by atoms with E-state index in [1.54, 1.807) is 11.8 Å². The number of aryl methyl sites for hydroxylation is 3. The van der Waals surface area contributed by atoms with E-state index in [-0.39, 0.29) is 11.2 Å². The number of carbonyl (C=O) groups excluding carboxylic acids is 1. The number of amides is 1. The molecule has 0 radical (unpaired) electrons. The van der Waals surface area contributed by atoms with Crippen molar-refractivity contribution < 1.29 is 4.79 Å². The third-order valence-electron chi connectivity index (χ3n) is 3.82. The lowest BCUT2D eigenvalue weighted by molar-refractivity contribution is -0.120. The third-order valence-corrected chi connectivity index (χ3v) is 4.74. The average molecular weight is 290 g/mol. The maximum atomic E-state index is 11.9. The minimum atomic E-state index is -0.0117. The van der Waals surface area contributed by atoms with Gasteiger partial charge in [-0.15, -0.1) is 0 Å². The van der Waals surface area contributed by atoms with Gasteiger partial charge in [0.05, 0.1) is 10.8 Å². The van der Waals surface area contributed by atoms with Gasteiger partial charge in [0.25, 0.3) is 0 Å². The van der Waals surface area contributed by atoms with E-state index in [9.17, 15) is 4.79 Å². The quantitative estimate of drug-likeness (QED) is 0.905. The van der Waals surface area contributed by atoms with Crippen molar-refractivity contribution in [2.75, 3.05) is 6.26 Å². The lowest BCUT2D eigenvalue weighted by atomic mass is 10.0. The molecule has 0 spiro atoms. The number of aromatic amines is 1. The first-order chi connectivity index (χ1) is 9.43. The van der Waals surface area contributed by atoms with E-state index in [1.807, 2.05) is 13.2 Å². The van der Waals surface area contributed by atoms with E-state index in [0.29, 0.717) is 6.54 Å². The van der Waals surface area contributed by atoms with Gasteiger partial charge in [-0.3, -0.25) is 4.79 Å². The zero-order valence-electron chi connectivity index (χ0n) is 12.8. The van der Waals surface area contributed by atoms with Crippen molar-refractivity contribution in [3.8, 4) is 0 Å². The van der Waals surface area contributed by atoms with Gasteiger partial charge in [-0.25, -0.2) is 0 Å². The molecule has 0 fully saturated rings. The van der Waals surface area contributed by atoms with Crippen LogP contribution in [0.4, 0.5) is 0 Å². The van der Waals surface area contributed by atoms with Gasteiger partial charge in [0.15, 0.2) is 0 Å². The smallest absolute Gasteiger partial charge is 0.233 e. The summed E-state index contributed by atoms with van der Waals surface area (Å²) in [6.07, 6.45) is 1.95. The van der Waals surface area contributed by atoms with Crippen LogP contribution in [0.25, 0.3) is 10.9 Å².